The van der Waals surface area contributed by atoms with Crippen LogP contribution in [-0.2, 0) is 19.1 Å². The molecule has 0 saturated carbocycles. The van der Waals surface area contributed by atoms with Gasteiger partial charge in [-0.2, -0.15) is 0 Å². The summed E-state index contributed by atoms with van der Waals surface area (Å²) in [6.45, 7) is 2.15. The second kappa shape index (κ2) is 7.92. The summed E-state index contributed by atoms with van der Waals surface area (Å²) in [5.41, 5.74) is -0.731. The SMILES string of the molecule is CC[C@]1(C)NC(=O)N(CC(=O)OCC(=O)Nc2ccc(Cl)cc2Cl)C1=O. The standard InChI is InChI=1S/C16H17Cl2N3O5/c1-3-16(2)14(24)21(15(25)20-16)7-13(23)26-8-12(22)19-11-5-4-9(17)6-10(11)18/h4-6H,3,7-8H2,1-2H3,(H,19,22)(H,20,25)/t16-/m0/s1. The van der Waals surface area contributed by atoms with Gasteiger partial charge in [0.15, 0.2) is 6.61 Å². The molecule has 0 spiro atoms. The van der Waals surface area contributed by atoms with Crippen LogP contribution in [0.4, 0.5) is 10.5 Å². The normalized spacial score (nSPS) is 19.3. The molecule has 1 aliphatic heterocycles. The fourth-order valence-electron chi connectivity index (χ4n) is 2.23. The van der Waals surface area contributed by atoms with Crippen LogP contribution in [0.25, 0.3) is 0 Å². The summed E-state index contributed by atoms with van der Waals surface area (Å²) in [5, 5.41) is 5.62. The van der Waals surface area contributed by atoms with Crippen LogP contribution in [0.3, 0.4) is 0 Å². The number of imide groups is 1. The molecule has 8 nitrogen and oxygen atoms in total. The van der Waals surface area contributed by atoms with Crippen LogP contribution in [0, 0.1) is 0 Å². The Morgan fingerprint density at radius 1 is 1.31 bits per heavy atom. The van der Waals surface area contributed by atoms with Crippen LogP contribution in [0.15, 0.2) is 18.2 Å². The maximum Gasteiger partial charge on any atom is 0.326 e. The molecule has 1 aliphatic rings. The second-order valence-corrected chi connectivity index (χ2v) is 6.68. The summed E-state index contributed by atoms with van der Waals surface area (Å²) in [4.78, 5) is 48.4. The molecule has 26 heavy (non-hydrogen) atoms. The van der Waals surface area contributed by atoms with Crippen molar-refractivity contribution in [3.05, 3.63) is 28.2 Å². The van der Waals surface area contributed by atoms with Gasteiger partial charge in [0.1, 0.15) is 12.1 Å². The average Bonchev–Trinajstić information content (AvgIpc) is 2.79. The first-order valence-corrected chi connectivity index (χ1v) is 8.46. The van der Waals surface area contributed by atoms with E-state index in [0.717, 1.165) is 4.90 Å². The number of halogens is 2. The molecule has 0 aromatic heterocycles. The lowest BCUT2D eigenvalue weighted by Gasteiger charge is -2.18. The third-order valence-corrected chi connectivity index (χ3v) is 4.46. The minimum absolute atomic E-state index is 0.232. The molecule has 2 N–H and O–H groups in total. The van der Waals surface area contributed by atoms with Gasteiger partial charge in [0.25, 0.3) is 11.8 Å². The lowest BCUT2D eigenvalue weighted by molar-refractivity contribution is -0.150. The predicted molar refractivity (Wildman–Crippen MR) is 95.0 cm³/mol. The summed E-state index contributed by atoms with van der Waals surface area (Å²) < 4.78 is 4.81. The van der Waals surface area contributed by atoms with Gasteiger partial charge in [0.2, 0.25) is 0 Å². The molecular weight excluding hydrogens is 385 g/mol. The largest absolute Gasteiger partial charge is 0.454 e. The molecule has 1 fully saturated rings. The lowest BCUT2D eigenvalue weighted by Crippen LogP contribution is -2.43. The van der Waals surface area contributed by atoms with Crippen molar-refractivity contribution in [3.63, 3.8) is 0 Å². The highest BCUT2D eigenvalue weighted by atomic mass is 35.5. The number of nitrogens with zero attached hydrogens (tertiary/aromatic N) is 1. The highest BCUT2D eigenvalue weighted by Crippen LogP contribution is 2.25. The molecule has 0 radical (unpaired) electrons. The molecule has 1 aromatic rings. The summed E-state index contributed by atoms with van der Waals surface area (Å²) in [5.74, 6) is -2.02. The quantitative estimate of drug-likeness (QED) is 0.561. The van der Waals surface area contributed by atoms with Crippen molar-refractivity contribution in [1.82, 2.24) is 10.2 Å². The Morgan fingerprint density at radius 2 is 2.00 bits per heavy atom. The lowest BCUT2D eigenvalue weighted by atomic mass is 9.99. The van der Waals surface area contributed by atoms with Gasteiger partial charge in [0, 0.05) is 5.02 Å². The van der Waals surface area contributed by atoms with Crippen molar-refractivity contribution in [2.24, 2.45) is 0 Å². The van der Waals surface area contributed by atoms with Gasteiger partial charge in [-0.1, -0.05) is 30.1 Å². The van der Waals surface area contributed by atoms with E-state index in [-0.39, 0.29) is 5.02 Å². The van der Waals surface area contributed by atoms with Gasteiger partial charge >= 0.3 is 12.0 Å². The van der Waals surface area contributed by atoms with E-state index in [9.17, 15) is 19.2 Å². The maximum absolute atomic E-state index is 12.2. The number of hydrogen-bond donors (Lipinski definition) is 2. The monoisotopic (exact) mass is 401 g/mol. The molecule has 1 heterocycles. The van der Waals surface area contributed by atoms with Crippen LogP contribution in [-0.4, -0.2) is 47.4 Å². The van der Waals surface area contributed by atoms with Crippen LogP contribution < -0.4 is 10.6 Å². The number of ether oxygens (including phenoxy) is 1. The van der Waals surface area contributed by atoms with Crippen LogP contribution >= 0.6 is 23.2 Å². The first kappa shape index (κ1) is 20.0. The number of amides is 4. The number of benzene rings is 1. The van der Waals surface area contributed by atoms with Gasteiger partial charge < -0.3 is 15.4 Å². The van der Waals surface area contributed by atoms with Crippen molar-refractivity contribution in [1.29, 1.82) is 0 Å². The smallest absolute Gasteiger partial charge is 0.326 e. The van der Waals surface area contributed by atoms with E-state index < -0.39 is 42.5 Å². The third-order valence-electron chi connectivity index (χ3n) is 3.91. The Balaban J connectivity index is 1.86. The minimum atomic E-state index is -1.04. The minimum Gasteiger partial charge on any atom is -0.454 e. The zero-order valence-corrected chi connectivity index (χ0v) is 15.6. The Hall–Kier alpha value is -2.32. The summed E-state index contributed by atoms with van der Waals surface area (Å²) >= 11 is 11.7. The molecule has 1 aromatic carbocycles. The first-order valence-electron chi connectivity index (χ1n) is 7.71. The fourth-order valence-corrected chi connectivity index (χ4v) is 2.68. The number of rotatable bonds is 6. The van der Waals surface area contributed by atoms with Crippen LogP contribution in [0.2, 0.25) is 10.0 Å². The van der Waals surface area contributed by atoms with Crippen molar-refractivity contribution < 1.29 is 23.9 Å². The average molecular weight is 402 g/mol. The maximum atomic E-state index is 12.2. The summed E-state index contributed by atoms with van der Waals surface area (Å²) in [7, 11) is 0. The number of urea groups is 1. The van der Waals surface area contributed by atoms with Gasteiger partial charge in [-0.3, -0.25) is 19.3 Å². The summed E-state index contributed by atoms with van der Waals surface area (Å²) in [6, 6.07) is 3.82. The Bertz CT molecular complexity index is 770. The van der Waals surface area contributed by atoms with Gasteiger partial charge in [0.05, 0.1) is 10.7 Å². The Labute approximate surface area is 159 Å². The van der Waals surface area contributed by atoms with Crippen molar-refractivity contribution in [2.45, 2.75) is 25.8 Å². The van der Waals surface area contributed by atoms with E-state index in [4.69, 9.17) is 27.9 Å². The third kappa shape index (κ3) is 4.44. The van der Waals surface area contributed by atoms with Gasteiger partial charge in [-0.25, -0.2) is 4.79 Å². The van der Waals surface area contributed by atoms with E-state index in [1.165, 1.54) is 18.2 Å². The Morgan fingerprint density at radius 3 is 2.58 bits per heavy atom. The van der Waals surface area contributed by atoms with Crippen molar-refractivity contribution in [2.75, 3.05) is 18.5 Å². The van der Waals surface area contributed by atoms with Crippen LogP contribution in [0.5, 0.6) is 0 Å². The molecule has 10 heteroatoms. The summed E-state index contributed by atoms with van der Waals surface area (Å²) in [6.07, 6.45) is 0.382. The molecule has 4 amide bonds. The molecule has 1 saturated heterocycles. The zero-order chi connectivity index (χ0) is 19.5. The topological polar surface area (TPSA) is 105 Å². The number of hydrogen-bond acceptors (Lipinski definition) is 5. The molecule has 0 aliphatic carbocycles. The van der Waals surface area contributed by atoms with E-state index in [1.54, 1.807) is 13.8 Å². The molecule has 0 bridgehead atoms. The predicted octanol–water partition coefficient (Wildman–Crippen LogP) is 2.20. The van der Waals surface area contributed by atoms with Gasteiger partial charge in [-0.05, 0) is 31.5 Å². The molecular formula is C16H17Cl2N3O5. The van der Waals surface area contributed by atoms with Crippen LogP contribution in [0.1, 0.15) is 20.3 Å². The molecule has 140 valence electrons. The molecule has 1 atom stereocenters. The molecule has 0 unspecified atom stereocenters. The number of esters is 1. The van der Waals surface area contributed by atoms with E-state index in [0.29, 0.717) is 17.1 Å². The zero-order valence-electron chi connectivity index (χ0n) is 14.1. The van der Waals surface area contributed by atoms with Gasteiger partial charge in [-0.15, -0.1) is 0 Å². The Kier molecular flexibility index (Phi) is 6.09. The van der Waals surface area contributed by atoms with E-state index in [2.05, 4.69) is 10.6 Å². The number of anilines is 1. The molecule has 2 rings (SSSR count). The highest BCUT2D eigenvalue weighted by Gasteiger charge is 2.47. The first-order chi connectivity index (χ1) is 12.2. The number of nitrogens with one attached hydrogen (secondary N) is 2. The van der Waals surface area contributed by atoms with Crippen molar-refractivity contribution in [3.8, 4) is 0 Å². The number of carbonyl (C=O) groups excluding carboxylic acids is 4. The fraction of sp³-hybridized carbons (Fsp3) is 0.375. The van der Waals surface area contributed by atoms with E-state index in [1.807, 2.05) is 0 Å². The van der Waals surface area contributed by atoms with Crippen molar-refractivity contribution >= 4 is 52.7 Å². The highest BCUT2D eigenvalue weighted by molar-refractivity contribution is 6.36. The number of carbonyl (C=O) groups is 4. The van der Waals surface area contributed by atoms with E-state index >= 15 is 0 Å². The second-order valence-electron chi connectivity index (χ2n) is 5.84.